The van der Waals surface area contributed by atoms with Crippen molar-refractivity contribution in [3.8, 4) is 0 Å². The van der Waals surface area contributed by atoms with Gasteiger partial charge in [0.15, 0.2) is 12.4 Å². The van der Waals surface area contributed by atoms with Crippen molar-refractivity contribution in [1.82, 2.24) is 4.90 Å². The third-order valence-electron chi connectivity index (χ3n) is 4.21. The fourth-order valence-corrected chi connectivity index (χ4v) is 2.71. The van der Waals surface area contributed by atoms with Gasteiger partial charge in [-0.15, -0.1) is 0 Å². The van der Waals surface area contributed by atoms with E-state index in [2.05, 4.69) is 0 Å². The van der Waals surface area contributed by atoms with Gasteiger partial charge in [0.1, 0.15) is 6.54 Å². The maximum Gasteiger partial charge on any atom is 0.326 e. The molecule has 0 bridgehead atoms. The van der Waals surface area contributed by atoms with Crippen LogP contribution in [0.5, 0.6) is 0 Å². The summed E-state index contributed by atoms with van der Waals surface area (Å²) < 4.78 is 4.94. The van der Waals surface area contributed by atoms with Crippen LogP contribution in [0.3, 0.4) is 0 Å². The SMILES string of the molecule is CCc1ccc(C(=O)COC(=O)CN2C(=O)c3ccccc3C2=O)cc1. The molecule has 6 heteroatoms. The van der Waals surface area contributed by atoms with Crippen LogP contribution in [0.15, 0.2) is 48.5 Å². The molecule has 0 spiro atoms. The zero-order valence-corrected chi connectivity index (χ0v) is 14.2. The molecule has 0 atom stereocenters. The second kappa shape index (κ2) is 7.31. The Kier molecular flexibility index (Phi) is 4.93. The lowest BCUT2D eigenvalue weighted by Crippen LogP contribution is -2.36. The van der Waals surface area contributed by atoms with Crippen LogP contribution in [-0.2, 0) is 16.0 Å². The number of aryl methyl sites for hydroxylation is 1. The highest BCUT2D eigenvalue weighted by Crippen LogP contribution is 2.22. The van der Waals surface area contributed by atoms with Crippen LogP contribution in [0.2, 0.25) is 0 Å². The monoisotopic (exact) mass is 351 g/mol. The van der Waals surface area contributed by atoms with E-state index in [4.69, 9.17) is 4.74 Å². The maximum atomic E-state index is 12.2. The zero-order chi connectivity index (χ0) is 18.7. The molecular formula is C20H17NO5. The van der Waals surface area contributed by atoms with Crippen LogP contribution < -0.4 is 0 Å². The van der Waals surface area contributed by atoms with E-state index in [0.29, 0.717) is 5.56 Å². The van der Waals surface area contributed by atoms with Crippen LogP contribution >= 0.6 is 0 Å². The third kappa shape index (κ3) is 3.39. The molecule has 0 radical (unpaired) electrons. The number of imide groups is 1. The predicted octanol–water partition coefficient (Wildman–Crippen LogP) is 2.27. The van der Waals surface area contributed by atoms with E-state index >= 15 is 0 Å². The van der Waals surface area contributed by atoms with Crippen molar-refractivity contribution in [3.63, 3.8) is 0 Å². The molecular weight excluding hydrogens is 334 g/mol. The number of carbonyl (C=O) groups excluding carboxylic acids is 4. The molecule has 0 aromatic heterocycles. The lowest BCUT2D eigenvalue weighted by atomic mass is 10.1. The molecule has 2 aromatic rings. The average molecular weight is 351 g/mol. The first kappa shape index (κ1) is 17.5. The molecule has 2 amide bonds. The van der Waals surface area contributed by atoms with Crippen molar-refractivity contribution in [2.24, 2.45) is 0 Å². The fraction of sp³-hybridized carbons (Fsp3) is 0.200. The van der Waals surface area contributed by atoms with Crippen molar-refractivity contribution in [1.29, 1.82) is 0 Å². The Morgan fingerprint density at radius 2 is 1.50 bits per heavy atom. The average Bonchev–Trinajstić information content (AvgIpc) is 2.91. The van der Waals surface area contributed by atoms with Crippen molar-refractivity contribution < 1.29 is 23.9 Å². The molecule has 0 N–H and O–H groups in total. The Hall–Kier alpha value is -3.28. The molecule has 1 aliphatic heterocycles. The Bertz CT molecular complexity index is 850. The number of esters is 1. The molecule has 0 saturated heterocycles. The molecule has 132 valence electrons. The highest BCUT2D eigenvalue weighted by Gasteiger charge is 2.36. The van der Waals surface area contributed by atoms with Gasteiger partial charge in [-0.2, -0.15) is 0 Å². The Balaban J connectivity index is 1.57. The molecule has 26 heavy (non-hydrogen) atoms. The summed E-state index contributed by atoms with van der Waals surface area (Å²) in [5.74, 6) is -2.23. The van der Waals surface area contributed by atoms with E-state index in [9.17, 15) is 19.2 Å². The number of nitrogens with zero attached hydrogens (tertiary/aromatic N) is 1. The largest absolute Gasteiger partial charge is 0.456 e. The Labute approximate surface area is 150 Å². The van der Waals surface area contributed by atoms with Crippen LogP contribution in [-0.4, -0.2) is 41.6 Å². The highest BCUT2D eigenvalue weighted by atomic mass is 16.5. The molecule has 3 rings (SSSR count). The summed E-state index contributed by atoms with van der Waals surface area (Å²) in [6.07, 6.45) is 0.865. The Morgan fingerprint density at radius 1 is 0.923 bits per heavy atom. The van der Waals surface area contributed by atoms with Gasteiger partial charge in [0.05, 0.1) is 11.1 Å². The maximum absolute atomic E-state index is 12.2. The highest BCUT2D eigenvalue weighted by molar-refractivity contribution is 6.22. The van der Waals surface area contributed by atoms with Crippen LogP contribution in [0.25, 0.3) is 0 Å². The van der Waals surface area contributed by atoms with E-state index in [0.717, 1.165) is 16.9 Å². The summed E-state index contributed by atoms with van der Waals surface area (Å²) in [7, 11) is 0. The van der Waals surface area contributed by atoms with Gasteiger partial charge in [-0.3, -0.25) is 24.1 Å². The van der Waals surface area contributed by atoms with E-state index in [1.165, 1.54) is 12.1 Å². The zero-order valence-electron chi connectivity index (χ0n) is 14.2. The molecule has 1 heterocycles. The van der Waals surface area contributed by atoms with Gasteiger partial charge < -0.3 is 4.74 Å². The quantitative estimate of drug-likeness (QED) is 0.453. The molecule has 6 nitrogen and oxygen atoms in total. The number of rotatable bonds is 6. The van der Waals surface area contributed by atoms with Crippen molar-refractivity contribution in [2.45, 2.75) is 13.3 Å². The minimum Gasteiger partial charge on any atom is -0.456 e. The van der Waals surface area contributed by atoms with E-state index in [1.807, 2.05) is 19.1 Å². The van der Waals surface area contributed by atoms with Crippen molar-refractivity contribution in [3.05, 3.63) is 70.8 Å². The number of amides is 2. The van der Waals surface area contributed by atoms with Gasteiger partial charge in [-0.1, -0.05) is 43.3 Å². The first-order valence-corrected chi connectivity index (χ1v) is 8.24. The first-order chi connectivity index (χ1) is 12.5. The smallest absolute Gasteiger partial charge is 0.326 e. The fourth-order valence-electron chi connectivity index (χ4n) is 2.71. The number of hydrogen-bond acceptors (Lipinski definition) is 5. The second-order valence-corrected chi connectivity index (χ2v) is 5.88. The molecule has 2 aromatic carbocycles. The van der Waals surface area contributed by atoms with Crippen LogP contribution in [0.1, 0.15) is 43.6 Å². The topological polar surface area (TPSA) is 80.8 Å². The summed E-state index contributed by atoms with van der Waals surface area (Å²) >= 11 is 0. The lowest BCUT2D eigenvalue weighted by molar-refractivity contribution is -0.142. The number of ketones is 1. The minimum absolute atomic E-state index is 0.261. The first-order valence-electron chi connectivity index (χ1n) is 8.24. The molecule has 0 fully saturated rings. The molecule has 0 aliphatic carbocycles. The van der Waals surface area contributed by atoms with Gasteiger partial charge in [-0.05, 0) is 24.1 Å². The van der Waals surface area contributed by atoms with E-state index in [1.54, 1.807) is 24.3 Å². The van der Waals surface area contributed by atoms with E-state index < -0.39 is 30.9 Å². The van der Waals surface area contributed by atoms with Gasteiger partial charge in [0.25, 0.3) is 11.8 Å². The van der Waals surface area contributed by atoms with Gasteiger partial charge in [0, 0.05) is 5.56 Å². The van der Waals surface area contributed by atoms with Crippen molar-refractivity contribution in [2.75, 3.05) is 13.2 Å². The number of carbonyl (C=O) groups is 4. The van der Waals surface area contributed by atoms with Crippen molar-refractivity contribution >= 4 is 23.6 Å². The summed E-state index contributed by atoms with van der Waals surface area (Å²) in [4.78, 5) is 49.2. The van der Waals surface area contributed by atoms with Gasteiger partial charge in [0.2, 0.25) is 0 Å². The summed E-state index contributed by atoms with van der Waals surface area (Å²) in [5.41, 5.74) is 2.06. The summed E-state index contributed by atoms with van der Waals surface area (Å²) in [6, 6.07) is 13.4. The molecule has 1 aliphatic rings. The van der Waals surface area contributed by atoms with Crippen LogP contribution in [0.4, 0.5) is 0 Å². The molecule has 0 unspecified atom stereocenters. The lowest BCUT2D eigenvalue weighted by Gasteiger charge is -2.12. The predicted molar refractivity (Wildman–Crippen MR) is 92.9 cm³/mol. The minimum atomic E-state index is -0.807. The number of benzene rings is 2. The standard InChI is InChI=1S/C20H17NO5/c1-2-13-7-9-14(10-8-13)17(22)12-26-18(23)11-21-19(24)15-5-3-4-6-16(15)20(21)25/h3-10H,2,11-12H2,1H3. The van der Waals surface area contributed by atoms with Crippen LogP contribution in [0, 0.1) is 0 Å². The number of hydrogen-bond donors (Lipinski definition) is 0. The van der Waals surface area contributed by atoms with E-state index in [-0.39, 0.29) is 16.9 Å². The number of Topliss-reactive ketones (excluding diaryl/α,β-unsaturated/α-hetero) is 1. The number of ether oxygens (including phenoxy) is 1. The summed E-state index contributed by atoms with van der Waals surface area (Å²) in [5, 5.41) is 0. The number of fused-ring (bicyclic) bond motifs is 1. The second-order valence-electron chi connectivity index (χ2n) is 5.88. The normalized spacial score (nSPS) is 12.9. The summed E-state index contributed by atoms with van der Waals surface area (Å²) in [6.45, 7) is 1.06. The third-order valence-corrected chi connectivity index (χ3v) is 4.21. The Morgan fingerprint density at radius 3 is 2.04 bits per heavy atom. The molecule has 0 saturated carbocycles. The van der Waals surface area contributed by atoms with Gasteiger partial charge >= 0.3 is 5.97 Å². The van der Waals surface area contributed by atoms with Gasteiger partial charge in [-0.25, -0.2) is 0 Å².